The number of nitro benzene ring substituents is 1. The first-order valence-electron chi connectivity index (χ1n) is 5.73. The van der Waals surface area contributed by atoms with Gasteiger partial charge in [-0.25, -0.2) is 0 Å². The van der Waals surface area contributed by atoms with Crippen molar-refractivity contribution < 1.29 is 4.92 Å². The molecule has 2 aromatic rings. The molecule has 0 aliphatic heterocycles. The molecule has 0 unspecified atom stereocenters. The molecule has 0 aliphatic carbocycles. The van der Waals surface area contributed by atoms with Gasteiger partial charge in [-0.2, -0.15) is 5.26 Å². The minimum absolute atomic E-state index is 0.0738. The molecular weight excluding hydrogens is 320 g/mol. The van der Waals surface area contributed by atoms with Crippen LogP contribution in [0.5, 0.6) is 0 Å². The predicted molar refractivity (Wildman–Crippen MR) is 80.7 cm³/mol. The van der Waals surface area contributed by atoms with E-state index >= 15 is 0 Å². The Labute approximate surface area is 124 Å². The summed E-state index contributed by atoms with van der Waals surface area (Å²) in [6, 6.07) is 15.6. The van der Waals surface area contributed by atoms with Crippen LogP contribution in [0.25, 0.3) is 11.6 Å². The summed E-state index contributed by atoms with van der Waals surface area (Å²) in [6.45, 7) is 0. The van der Waals surface area contributed by atoms with E-state index in [2.05, 4.69) is 15.9 Å². The summed E-state index contributed by atoms with van der Waals surface area (Å²) >= 11 is 3.35. The van der Waals surface area contributed by atoms with Crippen molar-refractivity contribution in [3.8, 4) is 6.07 Å². The van der Waals surface area contributed by atoms with Crippen molar-refractivity contribution in [2.45, 2.75) is 0 Å². The molecule has 0 N–H and O–H groups in total. The predicted octanol–water partition coefficient (Wildman–Crippen LogP) is 4.42. The van der Waals surface area contributed by atoms with Crippen LogP contribution in [0.15, 0.2) is 53.0 Å². The van der Waals surface area contributed by atoms with Crippen LogP contribution in [0.3, 0.4) is 0 Å². The number of nitrogens with zero attached hydrogens (tertiary/aromatic N) is 2. The van der Waals surface area contributed by atoms with Gasteiger partial charge in [-0.15, -0.1) is 0 Å². The number of benzene rings is 2. The van der Waals surface area contributed by atoms with Gasteiger partial charge in [0.1, 0.15) is 6.07 Å². The molecule has 2 aromatic carbocycles. The highest BCUT2D eigenvalue weighted by Gasteiger charge is 2.15. The zero-order valence-electron chi connectivity index (χ0n) is 10.3. The topological polar surface area (TPSA) is 66.9 Å². The monoisotopic (exact) mass is 328 g/mol. The average molecular weight is 329 g/mol. The van der Waals surface area contributed by atoms with Gasteiger partial charge in [-0.1, -0.05) is 40.2 Å². The van der Waals surface area contributed by atoms with Crippen molar-refractivity contribution in [2.24, 2.45) is 0 Å². The van der Waals surface area contributed by atoms with Crippen molar-refractivity contribution in [1.29, 1.82) is 5.26 Å². The number of hydrogen-bond acceptors (Lipinski definition) is 3. The third kappa shape index (κ3) is 3.11. The Morgan fingerprint density at radius 1 is 1.25 bits per heavy atom. The molecular formula is C15H9BrN2O2. The standard InChI is InChI=1S/C15H9BrN2O2/c16-13-5-3-4-11(9-13)8-12(10-17)14-6-1-2-7-15(14)18(19)20/h1-9H. The Morgan fingerprint density at radius 3 is 2.65 bits per heavy atom. The molecule has 4 nitrogen and oxygen atoms in total. The molecule has 0 amide bonds. The van der Waals surface area contributed by atoms with Crippen molar-refractivity contribution in [1.82, 2.24) is 0 Å². The minimum Gasteiger partial charge on any atom is -0.258 e. The molecule has 0 aromatic heterocycles. The Balaban J connectivity index is 2.54. The van der Waals surface area contributed by atoms with E-state index < -0.39 is 4.92 Å². The maximum Gasteiger partial charge on any atom is 0.277 e. The molecule has 0 atom stereocenters. The molecule has 0 saturated heterocycles. The molecule has 0 bridgehead atoms. The van der Waals surface area contributed by atoms with Gasteiger partial charge >= 0.3 is 0 Å². The van der Waals surface area contributed by atoms with Crippen LogP contribution in [0.4, 0.5) is 5.69 Å². The average Bonchev–Trinajstić information content (AvgIpc) is 2.45. The van der Waals surface area contributed by atoms with E-state index in [1.54, 1.807) is 24.3 Å². The summed E-state index contributed by atoms with van der Waals surface area (Å²) in [5, 5.41) is 20.3. The van der Waals surface area contributed by atoms with Crippen molar-refractivity contribution >= 4 is 33.3 Å². The summed E-state index contributed by atoms with van der Waals surface area (Å²) in [5.74, 6) is 0. The fourth-order valence-electron chi connectivity index (χ4n) is 1.79. The maximum atomic E-state index is 11.0. The minimum atomic E-state index is -0.485. The molecule has 98 valence electrons. The first-order chi connectivity index (χ1) is 9.61. The van der Waals surface area contributed by atoms with E-state index in [0.717, 1.165) is 10.0 Å². The van der Waals surface area contributed by atoms with Gasteiger partial charge in [0, 0.05) is 10.5 Å². The van der Waals surface area contributed by atoms with Crippen LogP contribution in [0, 0.1) is 21.4 Å². The van der Waals surface area contributed by atoms with Gasteiger partial charge in [0.05, 0.1) is 16.1 Å². The second-order valence-electron chi connectivity index (χ2n) is 4.00. The van der Waals surface area contributed by atoms with E-state index in [0.29, 0.717) is 5.56 Å². The smallest absolute Gasteiger partial charge is 0.258 e. The van der Waals surface area contributed by atoms with Gasteiger partial charge in [-0.3, -0.25) is 10.1 Å². The van der Waals surface area contributed by atoms with Crippen LogP contribution in [-0.2, 0) is 0 Å². The Kier molecular flexibility index (Phi) is 4.28. The summed E-state index contributed by atoms with van der Waals surface area (Å²) in [7, 11) is 0. The van der Waals surface area contributed by atoms with E-state index in [1.165, 1.54) is 6.07 Å². The first-order valence-corrected chi connectivity index (χ1v) is 6.52. The van der Waals surface area contributed by atoms with Gasteiger partial charge in [-0.05, 0) is 29.8 Å². The number of rotatable bonds is 3. The summed E-state index contributed by atoms with van der Waals surface area (Å²) in [6.07, 6.45) is 1.63. The summed E-state index contributed by atoms with van der Waals surface area (Å²) < 4.78 is 0.881. The zero-order valence-corrected chi connectivity index (χ0v) is 11.9. The van der Waals surface area contributed by atoms with Crippen LogP contribution in [0.2, 0.25) is 0 Å². The fourth-order valence-corrected chi connectivity index (χ4v) is 2.21. The van der Waals surface area contributed by atoms with Crippen LogP contribution < -0.4 is 0 Å². The third-order valence-corrected chi connectivity index (χ3v) is 3.16. The number of allylic oxidation sites excluding steroid dienone is 1. The molecule has 5 heteroatoms. The highest BCUT2D eigenvalue weighted by Crippen LogP contribution is 2.27. The second-order valence-corrected chi connectivity index (χ2v) is 4.91. The normalized spacial score (nSPS) is 10.9. The van der Waals surface area contributed by atoms with Crippen molar-refractivity contribution in [3.63, 3.8) is 0 Å². The zero-order chi connectivity index (χ0) is 14.5. The third-order valence-electron chi connectivity index (χ3n) is 2.67. The van der Waals surface area contributed by atoms with Crippen LogP contribution >= 0.6 is 15.9 Å². The lowest BCUT2D eigenvalue weighted by Crippen LogP contribution is -1.93. The molecule has 0 spiro atoms. The first kappa shape index (κ1) is 14.0. The largest absolute Gasteiger partial charge is 0.277 e. The Bertz CT molecular complexity index is 733. The van der Waals surface area contributed by atoms with E-state index in [-0.39, 0.29) is 11.3 Å². The number of para-hydroxylation sites is 1. The summed E-state index contributed by atoms with van der Waals surface area (Å²) in [4.78, 5) is 10.5. The maximum absolute atomic E-state index is 11.0. The molecule has 0 fully saturated rings. The number of nitro groups is 1. The van der Waals surface area contributed by atoms with E-state index in [9.17, 15) is 15.4 Å². The fraction of sp³-hybridized carbons (Fsp3) is 0. The molecule has 20 heavy (non-hydrogen) atoms. The van der Waals surface area contributed by atoms with Gasteiger partial charge in [0.25, 0.3) is 5.69 Å². The molecule has 0 aliphatic rings. The van der Waals surface area contributed by atoms with Crippen LogP contribution in [-0.4, -0.2) is 4.92 Å². The van der Waals surface area contributed by atoms with Crippen molar-refractivity contribution in [3.05, 3.63) is 74.2 Å². The van der Waals surface area contributed by atoms with Gasteiger partial charge in [0.15, 0.2) is 0 Å². The number of hydrogen-bond donors (Lipinski definition) is 0. The molecule has 0 radical (unpaired) electrons. The van der Waals surface area contributed by atoms with Gasteiger partial charge < -0.3 is 0 Å². The van der Waals surface area contributed by atoms with Crippen LogP contribution in [0.1, 0.15) is 11.1 Å². The lowest BCUT2D eigenvalue weighted by atomic mass is 10.0. The quantitative estimate of drug-likeness (QED) is 0.362. The Morgan fingerprint density at radius 2 is 2.00 bits per heavy atom. The molecule has 0 heterocycles. The lowest BCUT2D eigenvalue weighted by Gasteiger charge is -2.02. The van der Waals surface area contributed by atoms with Crippen molar-refractivity contribution in [2.75, 3.05) is 0 Å². The second kappa shape index (κ2) is 6.13. The van der Waals surface area contributed by atoms with Gasteiger partial charge in [0.2, 0.25) is 0 Å². The highest BCUT2D eigenvalue weighted by atomic mass is 79.9. The highest BCUT2D eigenvalue weighted by molar-refractivity contribution is 9.10. The number of halogens is 1. The molecule has 2 rings (SSSR count). The Hall–Kier alpha value is -2.45. The van der Waals surface area contributed by atoms with E-state index in [4.69, 9.17) is 0 Å². The summed E-state index contributed by atoms with van der Waals surface area (Å²) in [5.41, 5.74) is 1.31. The molecule has 0 saturated carbocycles. The van der Waals surface area contributed by atoms with E-state index in [1.807, 2.05) is 30.3 Å². The SMILES string of the molecule is N#CC(=Cc1cccc(Br)c1)c1ccccc1[N+](=O)[O-]. The number of nitriles is 1. The lowest BCUT2D eigenvalue weighted by molar-refractivity contribution is -0.385.